The highest BCUT2D eigenvalue weighted by Crippen LogP contribution is 2.12. The normalized spacial score (nSPS) is 9.38. The number of amides is 1. The number of halogens is 1. The minimum Gasteiger partial charge on any atom is -0.326 e. The highest BCUT2D eigenvalue weighted by atomic mass is 35.5. The van der Waals surface area contributed by atoms with Gasteiger partial charge in [0.15, 0.2) is 0 Å². The zero-order valence-corrected chi connectivity index (χ0v) is 7.76. The Hall–Kier alpha value is -1.35. The van der Waals surface area contributed by atoms with Crippen molar-refractivity contribution in [1.82, 2.24) is 0 Å². The lowest BCUT2D eigenvalue weighted by Crippen LogP contribution is -2.06. The van der Waals surface area contributed by atoms with Crippen LogP contribution in [0.3, 0.4) is 0 Å². The third kappa shape index (κ3) is 2.87. The second kappa shape index (κ2) is 4.05. The quantitative estimate of drug-likeness (QED) is 0.738. The van der Waals surface area contributed by atoms with Crippen molar-refractivity contribution >= 4 is 28.4 Å². The second-order valence-electron chi connectivity index (χ2n) is 2.54. The zero-order valence-electron chi connectivity index (χ0n) is 7.00. The van der Waals surface area contributed by atoms with Crippen LogP contribution in [0.1, 0.15) is 17.3 Å². The lowest BCUT2D eigenvalue weighted by Gasteiger charge is -2.01. The van der Waals surface area contributed by atoms with E-state index in [2.05, 4.69) is 5.32 Å². The molecule has 13 heavy (non-hydrogen) atoms. The van der Waals surface area contributed by atoms with E-state index in [1.807, 2.05) is 0 Å². The number of nitrogens with one attached hydrogen (secondary N) is 1. The first-order valence-electron chi connectivity index (χ1n) is 3.67. The summed E-state index contributed by atoms with van der Waals surface area (Å²) in [5.74, 6) is -0.181. The predicted octanol–water partition coefficient (Wildman–Crippen LogP) is 2.02. The molecule has 0 saturated carbocycles. The summed E-state index contributed by atoms with van der Waals surface area (Å²) in [5, 5.41) is 2.02. The van der Waals surface area contributed by atoms with E-state index in [1.54, 1.807) is 18.2 Å². The molecule has 0 heterocycles. The Labute approximate surface area is 80.7 Å². The van der Waals surface area contributed by atoms with Crippen LogP contribution in [0, 0.1) is 0 Å². The average molecular weight is 198 g/mol. The molecular weight excluding hydrogens is 190 g/mol. The van der Waals surface area contributed by atoms with Crippen LogP contribution in [-0.2, 0) is 4.79 Å². The monoisotopic (exact) mass is 197 g/mol. The summed E-state index contributed by atoms with van der Waals surface area (Å²) in [4.78, 5) is 21.4. The molecule has 0 aliphatic heterocycles. The van der Waals surface area contributed by atoms with Gasteiger partial charge in [-0.15, -0.1) is 0 Å². The first-order valence-corrected chi connectivity index (χ1v) is 4.05. The number of hydrogen-bond donors (Lipinski definition) is 1. The molecule has 0 spiro atoms. The third-order valence-corrected chi connectivity index (χ3v) is 1.63. The Bertz CT molecular complexity index is 349. The van der Waals surface area contributed by atoms with E-state index in [0.29, 0.717) is 11.3 Å². The molecular formula is C9H8ClNO2. The SMILES string of the molecule is CC(=O)Nc1cccc(C(=O)Cl)c1. The fourth-order valence-corrected chi connectivity index (χ4v) is 1.04. The highest BCUT2D eigenvalue weighted by Gasteiger charge is 2.02. The molecule has 0 aliphatic rings. The zero-order chi connectivity index (χ0) is 9.84. The maximum atomic E-state index is 10.7. The summed E-state index contributed by atoms with van der Waals surface area (Å²) < 4.78 is 0. The van der Waals surface area contributed by atoms with Crippen LogP contribution in [0.4, 0.5) is 5.69 Å². The van der Waals surface area contributed by atoms with Gasteiger partial charge in [-0.1, -0.05) is 6.07 Å². The molecule has 0 atom stereocenters. The van der Waals surface area contributed by atoms with Gasteiger partial charge >= 0.3 is 0 Å². The van der Waals surface area contributed by atoms with Crippen LogP contribution < -0.4 is 5.32 Å². The number of anilines is 1. The number of hydrogen-bond acceptors (Lipinski definition) is 2. The molecule has 0 saturated heterocycles. The van der Waals surface area contributed by atoms with Crippen LogP contribution >= 0.6 is 11.6 Å². The molecule has 4 heteroatoms. The van der Waals surface area contributed by atoms with Crippen LogP contribution in [0.2, 0.25) is 0 Å². The molecule has 68 valence electrons. The van der Waals surface area contributed by atoms with Gasteiger partial charge in [-0.2, -0.15) is 0 Å². The first kappa shape index (κ1) is 9.74. The molecule has 0 fully saturated rings. The number of carbonyl (C=O) groups is 2. The van der Waals surface area contributed by atoms with Crippen LogP contribution in [0.5, 0.6) is 0 Å². The maximum absolute atomic E-state index is 10.7. The van der Waals surface area contributed by atoms with Crippen molar-refractivity contribution < 1.29 is 9.59 Å². The first-order chi connectivity index (χ1) is 6.09. The molecule has 0 aliphatic carbocycles. The third-order valence-electron chi connectivity index (χ3n) is 1.41. The lowest BCUT2D eigenvalue weighted by atomic mass is 10.2. The van der Waals surface area contributed by atoms with Crippen molar-refractivity contribution in [3.05, 3.63) is 29.8 Å². The van der Waals surface area contributed by atoms with Gasteiger partial charge in [-0.05, 0) is 29.8 Å². The topological polar surface area (TPSA) is 46.2 Å². The summed E-state index contributed by atoms with van der Waals surface area (Å²) in [6, 6.07) is 6.45. The number of benzene rings is 1. The van der Waals surface area contributed by atoms with Crippen molar-refractivity contribution in [1.29, 1.82) is 0 Å². The van der Waals surface area contributed by atoms with Gasteiger partial charge in [-0.25, -0.2) is 0 Å². The molecule has 1 aromatic carbocycles. The predicted molar refractivity (Wildman–Crippen MR) is 50.9 cm³/mol. The Kier molecular flexibility index (Phi) is 3.03. The molecule has 1 aromatic rings. The van der Waals surface area contributed by atoms with Crippen molar-refractivity contribution in [2.24, 2.45) is 0 Å². The summed E-state index contributed by atoms with van der Waals surface area (Å²) in [7, 11) is 0. The van der Waals surface area contributed by atoms with E-state index in [4.69, 9.17) is 11.6 Å². The van der Waals surface area contributed by atoms with E-state index in [-0.39, 0.29) is 5.91 Å². The number of rotatable bonds is 2. The Morgan fingerprint density at radius 2 is 2.08 bits per heavy atom. The highest BCUT2D eigenvalue weighted by molar-refractivity contribution is 6.67. The van der Waals surface area contributed by atoms with Gasteiger partial charge in [0.2, 0.25) is 5.91 Å². The van der Waals surface area contributed by atoms with Crippen molar-refractivity contribution in [3.8, 4) is 0 Å². The molecule has 0 radical (unpaired) electrons. The van der Waals surface area contributed by atoms with E-state index in [0.717, 1.165) is 0 Å². The van der Waals surface area contributed by atoms with Gasteiger partial charge < -0.3 is 5.32 Å². The molecule has 0 aromatic heterocycles. The Morgan fingerprint density at radius 1 is 1.38 bits per heavy atom. The minimum atomic E-state index is -0.535. The van der Waals surface area contributed by atoms with Crippen LogP contribution in [0.25, 0.3) is 0 Å². The summed E-state index contributed by atoms with van der Waals surface area (Å²) in [5.41, 5.74) is 0.937. The Morgan fingerprint density at radius 3 is 2.62 bits per heavy atom. The van der Waals surface area contributed by atoms with Gasteiger partial charge in [-0.3, -0.25) is 9.59 Å². The van der Waals surface area contributed by atoms with E-state index in [1.165, 1.54) is 13.0 Å². The van der Waals surface area contributed by atoms with E-state index in [9.17, 15) is 9.59 Å². The molecule has 1 rings (SSSR count). The van der Waals surface area contributed by atoms with Crippen molar-refractivity contribution in [2.45, 2.75) is 6.92 Å². The average Bonchev–Trinajstić information content (AvgIpc) is 2.03. The van der Waals surface area contributed by atoms with Crippen molar-refractivity contribution in [3.63, 3.8) is 0 Å². The maximum Gasteiger partial charge on any atom is 0.252 e. The van der Waals surface area contributed by atoms with Gasteiger partial charge in [0, 0.05) is 18.2 Å². The Balaban J connectivity index is 2.91. The fourth-order valence-electron chi connectivity index (χ4n) is 0.922. The van der Waals surface area contributed by atoms with E-state index < -0.39 is 5.24 Å². The lowest BCUT2D eigenvalue weighted by molar-refractivity contribution is -0.114. The summed E-state index contributed by atoms with van der Waals surface area (Å²) in [6.07, 6.45) is 0. The standard InChI is InChI=1S/C9H8ClNO2/c1-6(12)11-8-4-2-3-7(5-8)9(10)13/h2-5H,1H3,(H,11,12). The minimum absolute atomic E-state index is 0.181. The largest absolute Gasteiger partial charge is 0.326 e. The molecule has 0 unspecified atom stereocenters. The fraction of sp³-hybridized carbons (Fsp3) is 0.111. The number of carbonyl (C=O) groups excluding carboxylic acids is 2. The molecule has 1 amide bonds. The van der Waals surface area contributed by atoms with Crippen LogP contribution in [-0.4, -0.2) is 11.1 Å². The van der Waals surface area contributed by atoms with Gasteiger partial charge in [0.05, 0.1) is 0 Å². The molecule has 0 bridgehead atoms. The van der Waals surface area contributed by atoms with Crippen LogP contribution in [0.15, 0.2) is 24.3 Å². The van der Waals surface area contributed by atoms with Gasteiger partial charge in [0.1, 0.15) is 0 Å². The molecule has 3 nitrogen and oxygen atoms in total. The second-order valence-corrected chi connectivity index (χ2v) is 2.88. The molecule has 1 N–H and O–H groups in total. The van der Waals surface area contributed by atoms with E-state index >= 15 is 0 Å². The smallest absolute Gasteiger partial charge is 0.252 e. The van der Waals surface area contributed by atoms with Crippen molar-refractivity contribution in [2.75, 3.05) is 5.32 Å². The summed E-state index contributed by atoms with van der Waals surface area (Å²) >= 11 is 5.26. The summed E-state index contributed by atoms with van der Waals surface area (Å²) in [6.45, 7) is 1.40. The van der Waals surface area contributed by atoms with Gasteiger partial charge in [0.25, 0.3) is 5.24 Å².